The average Bonchev–Trinajstić information content (AvgIpc) is 3.61. The summed E-state index contributed by atoms with van der Waals surface area (Å²) in [6, 6.07) is 39.8. The second kappa shape index (κ2) is 11.0. The lowest BCUT2D eigenvalue weighted by Crippen LogP contribution is -2.45. The molecule has 5 nitrogen and oxygen atoms in total. The van der Waals surface area contributed by atoms with Gasteiger partial charge < -0.3 is 0 Å². The summed E-state index contributed by atoms with van der Waals surface area (Å²) in [4.78, 5) is 59.4. The highest BCUT2D eigenvalue weighted by atomic mass is 35.5. The molecule has 4 atom stereocenters. The van der Waals surface area contributed by atoms with E-state index in [1.54, 1.807) is 72.8 Å². The SMILES string of the molecule is CC(=O)c1ccc(N2C(=O)[C@@H]3[C@@H](C2=O)[C@@]2(c4ccc(Cl)cc4)C(=O)[C@@]3(c3ccc(Cl)cc3)C(c3ccccc3)=C2c2ccccc2)cc1. The lowest BCUT2D eigenvalue weighted by Gasteiger charge is -2.39. The Morgan fingerprint density at radius 2 is 0.958 bits per heavy atom. The molecule has 0 unspecified atom stereocenters. The van der Waals surface area contributed by atoms with Gasteiger partial charge in [-0.1, -0.05) is 108 Å². The standard InChI is InChI=1S/C41H27Cl2NO4/c1-24(45)25-12-22-32(23-13-25)44-37(46)35-36(38(44)47)41(29-16-20-31(43)21-17-29)34(27-10-6-3-7-11-27)33(26-8-4-2-5-9-26)40(35,39(41)48)28-14-18-30(42)19-15-28/h2-23,35-36H,1H3/t35-,36-,40-,41-/m0/s1. The van der Waals surface area contributed by atoms with Gasteiger partial charge in [0, 0.05) is 15.6 Å². The lowest BCUT2D eigenvalue weighted by molar-refractivity contribution is -0.130. The molecule has 1 saturated carbocycles. The number of carbonyl (C=O) groups excluding carboxylic acids is 4. The van der Waals surface area contributed by atoms with Gasteiger partial charge in [-0.15, -0.1) is 0 Å². The quantitative estimate of drug-likeness (QED) is 0.135. The number of nitrogens with zero attached hydrogens (tertiary/aromatic N) is 1. The summed E-state index contributed by atoms with van der Waals surface area (Å²) >= 11 is 12.8. The zero-order valence-electron chi connectivity index (χ0n) is 25.7. The van der Waals surface area contributed by atoms with Crippen molar-refractivity contribution >= 4 is 63.4 Å². The maximum Gasteiger partial charge on any atom is 0.239 e. The van der Waals surface area contributed by atoms with E-state index in [4.69, 9.17) is 23.2 Å². The van der Waals surface area contributed by atoms with E-state index in [1.807, 2.05) is 60.7 Å². The number of hydrogen-bond donors (Lipinski definition) is 0. The van der Waals surface area contributed by atoms with Gasteiger partial charge in [-0.25, -0.2) is 4.90 Å². The first-order chi connectivity index (χ1) is 23.2. The molecule has 0 N–H and O–H groups in total. The number of allylic oxidation sites excluding steroid dienone is 2. The maximum atomic E-state index is 15.9. The molecule has 8 rings (SSSR count). The fourth-order valence-electron chi connectivity index (χ4n) is 8.46. The molecule has 2 amide bonds. The van der Waals surface area contributed by atoms with Gasteiger partial charge in [-0.3, -0.25) is 19.2 Å². The average molecular weight is 669 g/mol. The minimum absolute atomic E-state index is 0.131. The van der Waals surface area contributed by atoms with Crippen LogP contribution in [0.5, 0.6) is 0 Å². The van der Waals surface area contributed by atoms with Crippen LogP contribution in [0.1, 0.15) is 39.5 Å². The van der Waals surface area contributed by atoms with E-state index in [2.05, 4.69) is 0 Å². The predicted molar refractivity (Wildman–Crippen MR) is 187 cm³/mol. The zero-order valence-corrected chi connectivity index (χ0v) is 27.2. The van der Waals surface area contributed by atoms with E-state index in [0.717, 1.165) is 11.1 Å². The third kappa shape index (κ3) is 3.92. The number of imide groups is 1. The van der Waals surface area contributed by atoms with Crippen LogP contribution in [0.25, 0.3) is 11.1 Å². The molecule has 0 spiro atoms. The zero-order chi connectivity index (χ0) is 33.4. The van der Waals surface area contributed by atoms with E-state index in [0.29, 0.717) is 43.6 Å². The van der Waals surface area contributed by atoms with Gasteiger partial charge in [-0.2, -0.15) is 0 Å². The molecule has 2 aliphatic carbocycles. The van der Waals surface area contributed by atoms with E-state index < -0.39 is 34.5 Å². The molecular formula is C41H27Cl2NO4. The van der Waals surface area contributed by atoms with E-state index in [1.165, 1.54) is 11.8 Å². The Kier molecular flexibility index (Phi) is 6.92. The number of fused-ring (bicyclic) bond motifs is 5. The van der Waals surface area contributed by atoms with Crippen molar-refractivity contribution in [3.05, 3.63) is 171 Å². The van der Waals surface area contributed by atoms with Crippen LogP contribution < -0.4 is 4.90 Å². The Labute approximate surface area is 287 Å². The highest BCUT2D eigenvalue weighted by Crippen LogP contribution is 2.74. The van der Waals surface area contributed by atoms with Gasteiger partial charge in [0.15, 0.2) is 11.6 Å². The molecule has 1 saturated heterocycles. The van der Waals surface area contributed by atoms with Gasteiger partial charge in [0.25, 0.3) is 0 Å². The van der Waals surface area contributed by atoms with Crippen molar-refractivity contribution in [2.24, 2.45) is 11.8 Å². The monoisotopic (exact) mass is 667 g/mol. The van der Waals surface area contributed by atoms with E-state index in [-0.39, 0.29) is 11.6 Å². The number of hydrogen-bond acceptors (Lipinski definition) is 4. The van der Waals surface area contributed by atoms with Crippen molar-refractivity contribution in [1.82, 2.24) is 0 Å². The first-order valence-corrected chi connectivity index (χ1v) is 16.4. The van der Waals surface area contributed by atoms with Crippen molar-refractivity contribution < 1.29 is 19.2 Å². The minimum Gasteiger partial charge on any atom is -0.297 e. The molecule has 0 aromatic heterocycles. The number of anilines is 1. The fraction of sp³-hybridized carbons (Fsp3) is 0.122. The van der Waals surface area contributed by atoms with Crippen molar-refractivity contribution in [2.75, 3.05) is 4.90 Å². The van der Waals surface area contributed by atoms with Gasteiger partial charge >= 0.3 is 0 Å². The van der Waals surface area contributed by atoms with Crippen molar-refractivity contribution in [1.29, 1.82) is 0 Å². The number of rotatable bonds is 6. The summed E-state index contributed by atoms with van der Waals surface area (Å²) in [5, 5.41) is 0.960. The molecule has 3 aliphatic rings. The summed E-state index contributed by atoms with van der Waals surface area (Å²) in [6.45, 7) is 1.46. The smallest absolute Gasteiger partial charge is 0.239 e. The van der Waals surface area contributed by atoms with Gasteiger partial charge in [-0.05, 0) is 88.9 Å². The molecule has 5 aromatic rings. The second-order valence-electron chi connectivity index (χ2n) is 12.5. The summed E-state index contributed by atoms with van der Waals surface area (Å²) < 4.78 is 0. The number of ketones is 2. The van der Waals surface area contributed by atoms with Gasteiger partial charge in [0.05, 0.1) is 28.4 Å². The third-order valence-corrected chi connectivity index (χ3v) is 10.8. The van der Waals surface area contributed by atoms with Crippen LogP contribution in [0.3, 0.4) is 0 Å². The summed E-state index contributed by atoms with van der Waals surface area (Å²) in [5.41, 5.74) is 1.80. The molecule has 1 aliphatic heterocycles. The van der Waals surface area contributed by atoms with Crippen molar-refractivity contribution in [2.45, 2.75) is 17.8 Å². The van der Waals surface area contributed by atoms with Crippen molar-refractivity contribution in [3.8, 4) is 0 Å². The third-order valence-electron chi connectivity index (χ3n) is 10.3. The Bertz CT molecular complexity index is 2050. The minimum atomic E-state index is -1.55. The maximum absolute atomic E-state index is 15.9. The molecular weight excluding hydrogens is 641 g/mol. The molecule has 48 heavy (non-hydrogen) atoms. The molecule has 234 valence electrons. The largest absolute Gasteiger partial charge is 0.297 e. The second-order valence-corrected chi connectivity index (χ2v) is 13.4. The molecule has 2 bridgehead atoms. The Morgan fingerprint density at radius 1 is 0.562 bits per heavy atom. The number of benzene rings is 5. The topological polar surface area (TPSA) is 71.5 Å². The number of carbonyl (C=O) groups is 4. The normalized spacial score (nSPS) is 24.4. The molecule has 0 radical (unpaired) electrons. The van der Waals surface area contributed by atoms with Gasteiger partial charge in [0.2, 0.25) is 11.8 Å². The first-order valence-electron chi connectivity index (χ1n) is 15.6. The molecule has 2 fully saturated rings. The van der Waals surface area contributed by atoms with Crippen LogP contribution in [-0.4, -0.2) is 23.4 Å². The highest BCUT2D eigenvalue weighted by molar-refractivity contribution is 6.39. The van der Waals surface area contributed by atoms with E-state index >= 15 is 14.4 Å². The summed E-state index contributed by atoms with van der Waals surface area (Å²) in [7, 11) is 0. The molecule has 1 heterocycles. The fourth-order valence-corrected chi connectivity index (χ4v) is 8.71. The first kappa shape index (κ1) is 30.2. The van der Waals surface area contributed by atoms with Crippen LogP contribution in [-0.2, 0) is 25.2 Å². The van der Waals surface area contributed by atoms with E-state index in [9.17, 15) is 4.79 Å². The summed E-state index contributed by atoms with van der Waals surface area (Å²) in [5.74, 6) is -3.47. The van der Waals surface area contributed by atoms with Crippen LogP contribution in [0.15, 0.2) is 133 Å². The lowest BCUT2D eigenvalue weighted by atomic mass is 9.59. The highest BCUT2D eigenvalue weighted by Gasteiger charge is 2.82. The van der Waals surface area contributed by atoms with Gasteiger partial charge in [0.1, 0.15) is 0 Å². The number of Topliss-reactive ketones (excluding diaryl/α,β-unsaturated/α-hetero) is 2. The Hall–Kier alpha value is -5.10. The molecule has 7 heteroatoms. The van der Waals surface area contributed by atoms with Crippen LogP contribution in [0.4, 0.5) is 5.69 Å². The Balaban J connectivity index is 1.52. The van der Waals surface area contributed by atoms with Crippen molar-refractivity contribution in [3.63, 3.8) is 0 Å². The summed E-state index contributed by atoms with van der Waals surface area (Å²) in [6.07, 6.45) is 0. The Morgan fingerprint density at radius 3 is 1.33 bits per heavy atom. The van der Waals surface area contributed by atoms with Crippen LogP contribution in [0, 0.1) is 11.8 Å². The van der Waals surface area contributed by atoms with Crippen LogP contribution >= 0.6 is 23.2 Å². The predicted octanol–water partition coefficient (Wildman–Crippen LogP) is 8.38. The number of halogens is 2. The molecule has 5 aromatic carbocycles. The van der Waals surface area contributed by atoms with Crippen LogP contribution in [0.2, 0.25) is 10.0 Å². The number of amides is 2.